The van der Waals surface area contributed by atoms with E-state index < -0.39 is 36.2 Å². The molecule has 10 rings (SSSR count). The summed E-state index contributed by atoms with van der Waals surface area (Å²) < 4.78 is 76.3. The molecule has 0 N–H and O–H groups in total. The first kappa shape index (κ1) is 64.0. The lowest BCUT2D eigenvalue weighted by molar-refractivity contribution is 0.0880. The number of nitrogens with zero attached hydrogens (tertiary/aromatic N) is 8. The highest BCUT2D eigenvalue weighted by Crippen LogP contribution is 2.40. The molecule has 0 aliphatic rings. The Labute approximate surface area is 524 Å². The number of fused-ring (bicyclic) bond motifs is 4. The molecular weight excluding hydrogens is 1280 g/mol. The molecule has 14 nitrogen and oxygen atoms in total. The third kappa shape index (κ3) is 13.5. The van der Waals surface area contributed by atoms with Gasteiger partial charge in [0, 0.05) is 74.3 Å². The number of hydrogen-bond acceptors (Lipinski definition) is 10. The van der Waals surface area contributed by atoms with Crippen molar-refractivity contribution in [3.05, 3.63) is 186 Å². The largest absolute Gasteiger partial charge is 0.361 e. The van der Waals surface area contributed by atoms with Crippen LogP contribution in [-0.4, -0.2) is 73.2 Å². The van der Waals surface area contributed by atoms with Gasteiger partial charge in [-0.15, -0.1) is 0 Å². The minimum Gasteiger partial charge on any atom is -0.361 e. The lowest BCUT2D eigenvalue weighted by Gasteiger charge is -2.17. The summed E-state index contributed by atoms with van der Waals surface area (Å²) in [6.45, 7) is 28.0. The maximum Gasteiger partial charge on any atom is 0.268 e. The number of ether oxygens (including phenoxy) is 2. The predicted octanol–water partition coefficient (Wildman–Crippen LogP) is 15.9. The SMILES string of the molecule is CCc1cc(C)c2c(c(Br)cn2S(=O)(=O)c2ccc(C)cc2)c1Cc1nc2cc(C#N)ccc2n1COCC[Si](C)(C)C.CCc1cc(C)c2c(c(Br)cn2S(=O)(=O)c2ccc(C)cc2)c1Cc1nc2ccc(C#N)cc2n1COCC[Si](C)(C)C. The lowest BCUT2D eigenvalue weighted by atomic mass is 9.95. The van der Waals surface area contributed by atoms with Crippen molar-refractivity contribution in [2.75, 3.05) is 13.2 Å². The number of halogens is 2. The summed E-state index contributed by atoms with van der Waals surface area (Å²) in [7, 11) is -10.2. The Morgan fingerprint density at radius 1 is 0.535 bits per heavy atom. The van der Waals surface area contributed by atoms with Crippen molar-refractivity contribution in [1.82, 2.24) is 27.0 Å². The highest BCUT2D eigenvalue weighted by molar-refractivity contribution is 9.11. The van der Waals surface area contributed by atoms with Gasteiger partial charge in [-0.05, 0) is 179 Å². The summed E-state index contributed by atoms with van der Waals surface area (Å²) in [5.74, 6) is 1.61. The number of hydrogen-bond donors (Lipinski definition) is 0. The fraction of sp³-hybridized carbons (Fsp3) is 0.333. The van der Waals surface area contributed by atoms with Crippen molar-refractivity contribution in [3.63, 3.8) is 0 Å². The maximum atomic E-state index is 13.9. The monoisotopic (exact) mass is 1350 g/mol. The van der Waals surface area contributed by atoms with Gasteiger partial charge in [-0.2, -0.15) is 10.5 Å². The van der Waals surface area contributed by atoms with Crippen molar-refractivity contribution < 1.29 is 26.3 Å². The first-order valence-electron chi connectivity index (χ1n) is 28.9. The van der Waals surface area contributed by atoms with Crippen LogP contribution in [0.5, 0.6) is 0 Å². The lowest BCUT2D eigenvalue weighted by Crippen LogP contribution is -2.22. The molecule has 0 radical (unpaired) electrons. The molecule has 0 saturated heterocycles. The van der Waals surface area contributed by atoms with Gasteiger partial charge in [0.05, 0.1) is 66.2 Å². The molecule has 0 amide bonds. The maximum absolute atomic E-state index is 13.9. The summed E-state index contributed by atoms with van der Waals surface area (Å²) >= 11 is 7.46. The first-order valence-corrected chi connectivity index (χ1v) is 40.8. The molecule has 4 aromatic heterocycles. The summed E-state index contributed by atoms with van der Waals surface area (Å²) in [5.41, 5.74) is 13.8. The normalized spacial score (nSPS) is 12.3. The van der Waals surface area contributed by atoms with Crippen LogP contribution < -0.4 is 0 Å². The predicted molar refractivity (Wildman–Crippen MR) is 358 cm³/mol. The van der Waals surface area contributed by atoms with Gasteiger partial charge in [-0.3, -0.25) is 0 Å². The van der Waals surface area contributed by atoms with E-state index in [1.165, 1.54) is 7.94 Å². The highest BCUT2D eigenvalue weighted by Gasteiger charge is 2.29. The molecule has 448 valence electrons. The number of nitriles is 2. The molecule has 86 heavy (non-hydrogen) atoms. The van der Waals surface area contributed by atoms with Crippen LogP contribution in [0.15, 0.2) is 128 Å². The molecule has 0 fully saturated rings. The van der Waals surface area contributed by atoms with E-state index in [1.807, 2.05) is 76.2 Å². The Balaban J connectivity index is 0.000000205. The molecule has 20 heteroatoms. The number of aryl methyl sites for hydroxylation is 6. The first-order chi connectivity index (χ1) is 40.7. The second-order valence-electron chi connectivity index (χ2n) is 24.6. The van der Waals surface area contributed by atoms with Gasteiger partial charge in [0.1, 0.15) is 25.1 Å². The number of imidazole rings is 2. The van der Waals surface area contributed by atoms with Gasteiger partial charge in [0.2, 0.25) is 0 Å². The molecular formula is C66H74Br2N8O6S2Si2. The van der Waals surface area contributed by atoms with Crippen molar-refractivity contribution in [1.29, 1.82) is 10.5 Å². The Bertz CT molecular complexity index is 4370. The minimum atomic E-state index is -3.84. The molecule has 0 bridgehead atoms. The van der Waals surface area contributed by atoms with Crippen LogP contribution in [0.4, 0.5) is 0 Å². The van der Waals surface area contributed by atoms with E-state index in [4.69, 9.17) is 19.4 Å². The summed E-state index contributed by atoms with van der Waals surface area (Å²) in [6, 6.07) is 35.7. The fourth-order valence-corrected chi connectivity index (χ4v) is 16.8. The molecule has 0 aliphatic heterocycles. The second-order valence-corrected chi connectivity index (χ2v) is 41.2. The van der Waals surface area contributed by atoms with Crippen LogP contribution in [0.1, 0.15) is 81.1 Å². The van der Waals surface area contributed by atoms with Crippen LogP contribution >= 0.6 is 31.9 Å². The van der Waals surface area contributed by atoms with Crippen molar-refractivity contribution in [2.45, 2.75) is 142 Å². The molecule has 0 aliphatic carbocycles. The third-order valence-corrected chi connectivity index (χ3v) is 23.7. The van der Waals surface area contributed by atoms with E-state index >= 15 is 0 Å². The standard InChI is InChI=1S/2C33H37BrN4O3SSi/c1-7-25-16-23(3)33-32(28(34)20-38(33)42(39,40)26-11-8-22(2)9-12-26)27(25)18-31-36-29-17-24(19-35)10-13-30(29)37(31)21-41-14-15-43(4,5)6;1-7-25-16-23(3)33-32(28(34)20-38(33)42(39,40)26-11-8-22(2)9-12-26)27(25)18-31-36-29-13-10-24(19-35)17-30(29)37(31)21-41-14-15-43(4,5)6/h2*8-13,16-17,20H,7,14-15,18,21H2,1-6H3. The average molecular weight is 1360 g/mol. The Morgan fingerprint density at radius 2 is 0.942 bits per heavy atom. The van der Waals surface area contributed by atoms with Gasteiger partial charge in [-0.1, -0.05) is 101 Å². The van der Waals surface area contributed by atoms with Gasteiger partial charge in [0.15, 0.2) is 0 Å². The van der Waals surface area contributed by atoms with Gasteiger partial charge >= 0.3 is 0 Å². The highest BCUT2D eigenvalue weighted by atomic mass is 79.9. The van der Waals surface area contributed by atoms with Crippen LogP contribution in [0.25, 0.3) is 43.9 Å². The van der Waals surface area contributed by atoms with E-state index in [9.17, 15) is 27.4 Å². The number of aromatic nitrogens is 6. The average Bonchev–Trinajstić information content (AvgIpc) is 1.88. The summed E-state index contributed by atoms with van der Waals surface area (Å²) in [6.07, 6.45) is 5.83. The topological polar surface area (TPSA) is 180 Å². The molecule has 10 aromatic rings. The van der Waals surface area contributed by atoms with Gasteiger partial charge in [-0.25, -0.2) is 34.7 Å². The van der Waals surface area contributed by atoms with Gasteiger partial charge < -0.3 is 18.6 Å². The summed E-state index contributed by atoms with van der Waals surface area (Å²) in [5, 5.41) is 20.8. The second kappa shape index (κ2) is 25.7. The molecule has 6 aromatic carbocycles. The zero-order chi connectivity index (χ0) is 62.2. The van der Waals surface area contributed by atoms with Crippen LogP contribution in [-0.2, 0) is 68.7 Å². The van der Waals surface area contributed by atoms with E-state index in [0.29, 0.717) is 70.6 Å². The number of rotatable bonds is 20. The quantitative estimate of drug-likeness (QED) is 0.0526. The zero-order valence-corrected chi connectivity index (χ0v) is 57.9. The van der Waals surface area contributed by atoms with E-state index in [2.05, 4.69) is 118 Å². The van der Waals surface area contributed by atoms with Crippen LogP contribution in [0.3, 0.4) is 0 Å². The molecule has 4 heterocycles. The molecule has 0 saturated carbocycles. The Kier molecular flexibility index (Phi) is 19.1. The zero-order valence-electron chi connectivity index (χ0n) is 51.1. The summed E-state index contributed by atoms with van der Waals surface area (Å²) in [4.78, 5) is 10.5. The molecule has 0 spiro atoms. The third-order valence-electron chi connectivity index (χ3n) is 15.7. The van der Waals surface area contributed by atoms with Crippen molar-refractivity contribution >= 4 is 112 Å². The van der Waals surface area contributed by atoms with Crippen LogP contribution in [0.2, 0.25) is 51.4 Å². The minimum absolute atomic E-state index is 0.244. The number of benzene rings is 6. The fourth-order valence-electron chi connectivity index (χ4n) is 10.9. The molecule has 0 atom stereocenters. The smallest absolute Gasteiger partial charge is 0.268 e. The van der Waals surface area contributed by atoms with Crippen LogP contribution in [0, 0.1) is 50.4 Å². The van der Waals surface area contributed by atoms with Crippen molar-refractivity contribution in [2.24, 2.45) is 0 Å². The van der Waals surface area contributed by atoms with E-state index in [0.717, 1.165) is 114 Å². The molecule has 0 unspecified atom stereocenters. The van der Waals surface area contributed by atoms with Gasteiger partial charge in [0.25, 0.3) is 20.0 Å². The Morgan fingerprint density at radius 3 is 1.36 bits per heavy atom. The van der Waals surface area contributed by atoms with Crippen molar-refractivity contribution in [3.8, 4) is 12.1 Å². The van der Waals surface area contributed by atoms with E-state index in [1.54, 1.807) is 48.8 Å². The van der Waals surface area contributed by atoms with E-state index in [-0.39, 0.29) is 9.79 Å². The Hall–Kier alpha value is -6.47.